The van der Waals surface area contributed by atoms with Gasteiger partial charge in [0.1, 0.15) is 12.1 Å². The van der Waals surface area contributed by atoms with Crippen molar-refractivity contribution in [2.24, 2.45) is 0 Å². The molecular weight excluding hydrogens is 645 g/mol. The molecule has 250 valence electrons. The number of unbranched alkanes of at least 4 members (excludes halogenated alkanes) is 2. The number of amides is 4. The molecule has 4 rings (SSSR count). The number of pyridine rings is 2. The molecule has 0 aliphatic rings. The number of benzene rings is 2. The molecule has 2 atom stereocenters. The zero-order chi connectivity index (χ0) is 34.1. The zero-order valence-electron chi connectivity index (χ0n) is 27.0. The van der Waals surface area contributed by atoms with Crippen molar-refractivity contribution < 1.29 is 19.2 Å². The van der Waals surface area contributed by atoms with Crippen LogP contribution >= 0.6 is 21.6 Å². The van der Waals surface area contributed by atoms with E-state index in [-0.39, 0.29) is 23.6 Å². The maximum absolute atomic E-state index is 13.6. The molecule has 0 aliphatic heterocycles. The summed E-state index contributed by atoms with van der Waals surface area (Å²) in [5.41, 5.74) is 1.94. The highest BCUT2D eigenvalue weighted by atomic mass is 33.1. The number of rotatable bonds is 17. The molecule has 48 heavy (non-hydrogen) atoms. The van der Waals surface area contributed by atoms with Crippen LogP contribution < -0.4 is 21.3 Å². The van der Waals surface area contributed by atoms with Crippen molar-refractivity contribution in [3.05, 3.63) is 109 Å². The molecule has 0 saturated heterocycles. The maximum Gasteiger partial charge on any atom is 0.253 e. The van der Waals surface area contributed by atoms with E-state index < -0.39 is 12.1 Å². The summed E-state index contributed by atoms with van der Waals surface area (Å²) in [6.45, 7) is 4.06. The van der Waals surface area contributed by atoms with Gasteiger partial charge in [-0.05, 0) is 61.4 Å². The highest BCUT2D eigenvalue weighted by Gasteiger charge is 2.25. The molecular formula is C36H40N6O4S2. The van der Waals surface area contributed by atoms with E-state index in [1.54, 1.807) is 73.3 Å². The molecule has 0 aliphatic carbocycles. The van der Waals surface area contributed by atoms with Gasteiger partial charge in [0.25, 0.3) is 11.8 Å². The quantitative estimate of drug-likeness (QED) is 0.0861. The topological polar surface area (TPSA) is 142 Å². The Hall–Kier alpha value is -4.68. The summed E-state index contributed by atoms with van der Waals surface area (Å²) in [7, 11) is 2.68. The summed E-state index contributed by atoms with van der Waals surface area (Å²) in [6.07, 6.45) is 10.6. The Morgan fingerprint density at radius 1 is 0.604 bits per heavy atom. The van der Waals surface area contributed by atoms with Crippen LogP contribution in [0.5, 0.6) is 0 Å². The first-order valence-corrected chi connectivity index (χ1v) is 18.1. The summed E-state index contributed by atoms with van der Waals surface area (Å²) in [5, 5.41) is 11.5. The summed E-state index contributed by atoms with van der Waals surface area (Å²) >= 11 is 0. The smallest absolute Gasteiger partial charge is 0.253 e. The molecule has 2 unspecified atom stereocenters. The average molecular weight is 685 g/mol. The molecule has 0 fully saturated rings. The lowest BCUT2D eigenvalue weighted by Gasteiger charge is -2.20. The van der Waals surface area contributed by atoms with Gasteiger partial charge in [0.2, 0.25) is 11.8 Å². The maximum atomic E-state index is 13.6. The van der Waals surface area contributed by atoms with Crippen LogP contribution in [0.3, 0.4) is 0 Å². The van der Waals surface area contributed by atoms with Gasteiger partial charge >= 0.3 is 0 Å². The molecule has 4 amide bonds. The van der Waals surface area contributed by atoms with Gasteiger partial charge in [0.15, 0.2) is 0 Å². The van der Waals surface area contributed by atoms with Crippen LogP contribution in [0, 0.1) is 0 Å². The average Bonchev–Trinajstić information content (AvgIpc) is 3.11. The van der Waals surface area contributed by atoms with Crippen LogP contribution in [0.1, 0.15) is 73.1 Å². The summed E-state index contributed by atoms with van der Waals surface area (Å²) < 4.78 is 0. The van der Waals surface area contributed by atoms with Crippen LogP contribution in [-0.2, 0) is 9.59 Å². The van der Waals surface area contributed by atoms with Crippen molar-refractivity contribution in [2.45, 2.75) is 74.2 Å². The van der Waals surface area contributed by atoms with Gasteiger partial charge in [-0.25, -0.2) is 0 Å². The van der Waals surface area contributed by atoms with Gasteiger partial charge in [-0.3, -0.25) is 29.1 Å². The van der Waals surface area contributed by atoms with Crippen LogP contribution in [0.25, 0.3) is 0 Å². The number of hydrogen-bond donors (Lipinski definition) is 4. The van der Waals surface area contributed by atoms with Crippen molar-refractivity contribution in [2.75, 3.05) is 10.6 Å². The monoisotopic (exact) mass is 684 g/mol. The number of aromatic nitrogens is 2. The molecule has 10 nitrogen and oxygen atoms in total. The number of carbonyl (C=O) groups is 4. The normalized spacial score (nSPS) is 12.0. The Labute approximate surface area is 289 Å². The fraction of sp³-hybridized carbons (Fsp3) is 0.278. The van der Waals surface area contributed by atoms with Crippen molar-refractivity contribution in [1.82, 2.24) is 20.6 Å². The minimum atomic E-state index is -0.733. The SMILES string of the molecule is CCCCC(NC(=O)c1ccccc1SSc1ccccc1C(=O)NC(CCCC)C(=O)Nc1cccnc1)C(=O)Nc1cccnc1. The summed E-state index contributed by atoms with van der Waals surface area (Å²) in [5.74, 6) is -1.36. The number of anilines is 2. The summed E-state index contributed by atoms with van der Waals surface area (Å²) in [4.78, 5) is 62.8. The predicted octanol–water partition coefficient (Wildman–Crippen LogP) is 7.13. The molecule has 0 spiro atoms. The van der Waals surface area contributed by atoms with Gasteiger partial charge in [-0.1, -0.05) is 85.4 Å². The van der Waals surface area contributed by atoms with E-state index in [1.807, 2.05) is 38.1 Å². The molecule has 0 radical (unpaired) electrons. The third-order valence-electron chi connectivity index (χ3n) is 7.28. The second kappa shape index (κ2) is 19.2. The van der Waals surface area contributed by atoms with E-state index in [2.05, 4.69) is 31.2 Å². The second-order valence-electron chi connectivity index (χ2n) is 11.0. The lowest BCUT2D eigenvalue weighted by molar-refractivity contribution is -0.118. The minimum absolute atomic E-state index is 0.310. The van der Waals surface area contributed by atoms with E-state index in [1.165, 1.54) is 21.6 Å². The second-order valence-corrected chi connectivity index (χ2v) is 13.2. The van der Waals surface area contributed by atoms with Gasteiger partial charge in [-0.15, -0.1) is 0 Å². The Morgan fingerprint density at radius 3 is 1.40 bits per heavy atom. The number of hydrogen-bond acceptors (Lipinski definition) is 8. The summed E-state index contributed by atoms with van der Waals surface area (Å²) in [6, 6.07) is 19.8. The highest BCUT2D eigenvalue weighted by molar-refractivity contribution is 8.76. The van der Waals surface area contributed by atoms with E-state index in [0.29, 0.717) is 45.1 Å². The van der Waals surface area contributed by atoms with Gasteiger partial charge < -0.3 is 21.3 Å². The van der Waals surface area contributed by atoms with E-state index in [0.717, 1.165) is 25.7 Å². The van der Waals surface area contributed by atoms with Crippen molar-refractivity contribution in [3.63, 3.8) is 0 Å². The largest absolute Gasteiger partial charge is 0.340 e. The Bertz CT molecular complexity index is 1540. The number of nitrogens with one attached hydrogen (secondary N) is 4. The van der Waals surface area contributed by atoms with Crippen molar-refractivity contribution in [3.8, 4) is 0 Å². The third-order valence-corrected chi connectivity index (χ3v) is 9.76. The Morgan fingerprint density at radius 2 is 1.02 bits per heavy atom. The standard InChI is InChI=1S/C36H40N6O4S2/c1-3-5-17-29(35(45)39-25-13-11-21-37-23-25)41-33(43)27-15-7-9-19-31(27)47-48-32-20-10-8-16-28(32)34(44)42-30(18-6-4-2)36(46)40-26-14-12-22-38-24-26/h7-16,19-24,29-30H,3-6,17-18H2,1-2H3,(H,39,45)(H,40,46)(H,41,43)(H,42,44). The third kappa shape index (κ3) is 11.0. The lowest BCUT2D eigenvalue weighted by atomic mass is 10.1. The van der Waals surface area contributed by atoms with Crippen molar-refractivity contribution >= 4 is 56.6 Å². The first kappa shape index (κ1) is 36.2. The highest BCUT2D eigenvalue weighted by Crippen LogP contribution is 2.40. The molecule has 4 N–H and O–H groups in total. The number of nitrogens with zero attached hydrogens (tertiary/aromatic N) is 2. The van der Waals surface area contributed by atoms with Crippen LogP contribution in [0.15, 0.2) is 107 Å². The molecule has 0 bridgehead atoms. The first-order valence-electron chi connectivity index (χ1n) is 16.0. The van der Waals surface area contributed by atoms with Crippen LogP contribution in [0.2, 0.25) is 0 Å². The van der Waals surface area contributed by atoms with Crippen molar-refractivity contribution in [1.29, 1.82) is 0 Å². The van der Waals surface area contributed by atoms with E-state index in [4.69, 9.17) is 0 Å². The Kier molecular flexibility index (Phi) is 14.5. The first-order chi connectivity index (χ1) is 23.4. The molecule has 12 heteroatoms. The van der Waals surface area contributed by atoms with Gasteiger partial charge in [-0.2, -0.15) is 0 Å². The fourth-order valence-corrected chi connectivity index (χ4v) is 7.06. The van der Waals surface area contributed by atoms with Gasteiger partial charge in [0, 0.05) is 22.2 Å². The van der Waals surface area contributed by atoms with Crippen LogP contribution in [-0.4, -0.2) is 45.7 Å². The minimum Gasteiger partial charge on any atom is -0.340 e. The predicted molar refractivity (Wildman–Crippen MR) is 192 cm³/mol. The molecule has 0 saturated carbocycles. The molecule has 2 aromatic heterocycles. The lowest BCUT2D eigenvalue weighted by Crippen LogP contribution is -2.44. The Balaban J connectivity index is 1.45. The van der Waals surface area contributed by atoms with Crippen LogP contribution in [0.4, 0.5) is 11.4 Å². The van der Waals surface area contributed by atoms with E-state index >= 15 is 0 Å². The molecule has 4 aromatic rings. The molecule has 2 aromatic carbocycles. The van der Waals surface area contributed by atoms with Gasteiger partial charge in [0.05, 0.1) is 34.9 Å². The number of carbonyl (C=O) groups excluding carboxylic acids is 4. The van der Waals surface area contributed by atoms with E-state index in [9.17, 15) is 19.2 Å². The molecule has 2 heterocycles. The fourth-order valence-electron chi connectivity index (χ4n) is 4.70. The zero-order valence-corrected chi connectivity index (χ0v) is 28.6.